The van der Waals surface area contributed by atoms with Crippen molar-refractivity contribution in [2.45, 2.75) is 63.2 Å². The Morgan fingerprint density at radius 2 is 1.85 bits per heavy atom. The van der Waals surface area contributed by atoms with Crippen LogP contribution in [0.2, 0.25) is 0 Å². The number of fused-ring (bicyclic) bond motifs is 1. The fourth-order valence-corrected chi connectivity index (χ4v) is 5.06. The van der Waals surface area contributed by atoms with Crippen molar-refractivity contribution in [3.8, 4) is 5.75 Å². The number of anilines is 1. The third-order valence-electron chi connectivity index (χ3n) is 6.85. The summed E-state index contributed by atoms with van der Waals surface area (Å²) < 4.78 is 7.95. The minimum absolute atomic E-state index is 0.0150. The van der Waals surface area contributed by atoms with E-state index in [1.54, 1.807) is 20.8 Å². The molecule has 2 bridgehead atoms. The summed E-state index contributed by atoms with van der Waals surface area (Å²) in [5.41, 5.74) is 0.154. The molecule has 1 amide bonds. The Balaban J connectivity index is 1.43. The Morgan fingerprint density at radius 1 is 1.15 bits per heavy atom. The first-order valence-corrected chi connectivity index (χ1v) is 11.5. The van der Waals surface area contributed by atoms with Gasteiger partial charge in [0.2, 0.25) is 11.9 Å². The molecule has 1 aromatic heterocycles. The fourth-order valence-electron chi connectivity index (χ4n) is 5.06. The van der Waals surface area contributed by atoms with Crippen LogP contribution in [0.4, 0.5) is 5.95 Å². The van der Waals surface area contributed by atoms with E-state index < -0.39 is 11.2 Å². The standard InChI is InChI=1S/C26H31N3O4/c1-24(2,31)16-33-19-9-10-20-21(11-19)29(26-12-17(13-26)14-26)23(27-20)28-22(30)15-25(3,32)18-7-5-4-6-8-18/h4-11,17,31-32H,12-16H2,1-3H3,(H,27,28,30). The van der Waals surface area contributed by atoms with Crippen molar-refractivity contribution in [2.75, 3.05) is 11.9 Å². The number of rotatable bonds is 8. The van der Waals surface area contributed by atoms with Crippen LogP contribution in [-0.2, 0) is 15.9 Å². The largest absolute Gasteiger partial charge is 0.491 e. The molecule has 6 rings (SSSR count). The first-order valence-electron chi connectivity index (χ1n) is 11.5. The van der Waals surface area contributed by atoms with Crippen LogP contribution in [0.3, 0.4) is 0 Å². The second kappa shape index (κ2) is 7.57. The van der Waals surface area contributed by atoms with Gasteiger partial charge in [0.1, 0.15) is 12.4 Å². The Hall–Kier alpha value is -2.90. The molecule has 2 aromatic carbocycles. The van der Waals surface area contributed by atoms with Crippen molar-refractivity contribution in [3.63, 3.8) is 0 Å². The molecule has 174 valence electrons. The van der Waals surface area contributed by atoms with Crippen molar-refractivity contribution in [1.29, 1.82) is 0 Å². The highest BCUT2D eigenvalue weighted by atomic mass is 16.5. The zero-order valence-electron chi connectivity index (χ0n) is 19.3. The van der Waals surface area contributed by atoms with Crippen LogP contribution in [0.1, 0.15) is 52.0 Å². The van der Waals surface area contributed by atoms with E-state index in [1.807, 2.05) is 48.5 Å². The summed E-state index contributed by atoms with van der Waals surface area (Å²) in [6.07, 6.45) is 3.17. The number of carbonyl (C=O) groups excluding carboxylic acids is 1. The first kappa shape index (κ1) is 21.9. The van der Waals surface area contributed by atoms with Crippen molar-refractivity contribution in [1.82, 2.24) is 9.55 Å². The molecule has 0 radical (unpaired) electrons. The quantitative estimate of drug-likeness (QED) is 0.484. The number of aliphatic hydroxyl groups is 2. The number of hydrogen-bond acceptors (Lipinski definition) is 5. The number of amides is 1. The van der Waals surface area contributed by atoms with Gasteiger partial charge in [-0.25, -0.2) is 4.98 Å². The highest BCUT2D eigenvalue weighted by Gasteiger charge is 2.59. The number of nitrogens with one attached hydrogen (secondary N) is 1. The second-order valence-electron chi connectivity index (χ2n) is 10.6. The smallest absolute Gasteiger partial charge is 0.229 e. The summed E-state index contributed by atoms with van der Waals surface area (Å²) in [6.45, 7) is 5.24. The van der Waals surface area contributed by atoms with Gasteiger partial charge in [0.05, 0.1) is 28.7 Å². The van der Waals surface area contributed by atoms with Crippen molar-refractivity contribution in [2.24, 2.45) is 5.92 Å². The molecule has 7 heteroatoms. The van der Waals surface area contributed by atoms with Gasteiger partial charge in [-0.2, -0.15) is 0 Å². The lowest BCUT2D eigenvalue weighted by atomic mass is 9.49. The molecule has 3 N–H and O–H groups in total. The Morgan fingerprint density at radius 3 is 2.45 bits per heavy atom. The maximum Gasteiger partial charge on any atom is 0.229 e. The fraction of sp³-hybridized carbons (Fsp3) is 0.462. The lowest BCUT2D eigenvalue weighted by Gasteiger charge is -2.62. The number of imidazole rings is 1. The Bertz CT molecular complexity index is 1180. The van der Waals surface area contributed by atoms with E-state index >= 15 is 0 Å². The van der Waals surface area contributed by atoms with Crippen LogP contribution in [0.15, 0.2) is 48.5 Å². The summed E-state index contributed by atoms with van der Waals surface area (Å²) in [7, 11) is 0. The Kier molecular flexibility index (Phi) is 5.03. The summed E-state index contributed by atoms with van der Waals surface area (Å²) in [5.74, 6) is 1.63. The van der Waals surface area contributed by atoms with Crippen LogP contribution in [0.25, 0.3) is 11.0 Å². The SMILES string of the molecule is CC(C)(O)COc1ccc2nc(NC(=O)CC(C)(O)c3ccccc3)n(C34CC(C3)C4)c2c1. The van der Waals surface area contributed by atoms with Gasteiger partial charge in [-0.3, -0.25) is 10.1 Å². The number of nitrogens with zero attached hydrogens (tertiary/aromatic N) is 2. The number of carbonyl (C=O) groups is 1. The average Bonchev–Trinajstić information content (AvgIpc) is 3.01. The van der Waals surface area contributed by atoms with Crippen molar-refractivity contribution in [3.05, 3.63) is 54.1 Å². The van der Waals surface area contributed by atoms with Gasteiger partial charge in [-0.05, 0) is 63.6 Å². The lowest BCUT2D eigenvalue weighted by molar-refractivity contribution is -0.121. The van der Waals surface area contributed by atoms with Gasteiger partial charge < -0.3 is 19.5 Å². The highest BCUT2D eigenvalue weighted by Crippen LogP contribution is 2.63. The third kappa shape index (κ3) is 4.11. The maximum atomic E-state index is 13.0. The molecule has 3 saturated carbocycles. The monoisotopic (exact) mass is 449 g/mol. The first-order chi connectivity index (χ1) is 15.5. The van der Waals surface area contributed by atoms with Crippen LogP contribution < -0.4 is 10.1 Å². The van der Waals surface area contributed by atoms with Crippen LogP contribution in [-0.4, -0.2) is 37.9 Å². The minimum Gasteiger partial charge on any atom is -0.491 e. The third-order valence-corrected chi connectivity index (χ3v) is 6.85. The number of hydrogen-bond donors (Lipinski definition) is 3. The minimum atomic E-state index is -1.28. The van der Waals surface area contributed by atoms with Crippen LogP contribution in [0.5, 0.6) is 5.75 Å². The zero-order chi connectivity index (χ0) is 23.4. The molecule has 0 saturated heterocycles. The van der Waals surface area contributed by atoms with E-state index in [0.29, 0.717) is 17.3 Å². The van der Waals surface area contributed by atoms with E-state index in [0.717, 1.165) is 36.2 Å². The summed E-state index contributed by atoms with van der Waals surface area (Å²) >= 11 is 0. The molecule has 0 spiro atoms. The van der Waals surface area contributed by atoms with Gasteiger partial charge >= 0.3 is 0 Å². The number of benzene rings is 2. The lowest BCUT2D eigenvalue weighted by Crippen LogP contribution is -2.59. The van der Waals surface area contributed by atoms with Gasteiger partial charge in [0.15, 0.2) is 0 Å². The predicted molar refractivity (Wildman–Crippen MR) is 126 cm³/mol. The van der Waals surface area contributed by atoms with Gasteiger partial charge in [0.25, 0.3) is 0 Å². The van der Waals surface area contributed by atoms with E-state index in [4.69, 9.17) is 9.72 Å². The molecular formula is C26H31N3O4. The van der Waals surface area contributed by atoms with Gasteiger partial charge in [0, 0.05) is 11.6 Å². The molecule has 3 fully saturated rings. The molecule has 1 atom stereocenters. The molecular weight excluding hydrogens is 418 g/mol. The second-order valence-corrected chi connectivity index (χ2v) is 10.6. The van der Waals surface area contributed by atoms with E-state index in [1.165, 1.54) is 0 Å². The highest BCUT2D eigenvalue weighted by molar-refractivity contribution is 5.92. The average molecular weight is 450 g/mol. The normalized spacial score (nSPS) is 23.4. The molecule has 1 unspecified atom stereocenters. The summed E-state index contributed by atoms with van der Waals surface area (Å²) in [6, 6.07) is 14.9. The molecule has 0 aliphatic heterocycles. The number of aromatic nitrogens is 2. The van der Waals surface area contributed by atoms with Crippen molar-refractivity contribution < 1.29 is 19.7 Å². The van der Waals surface area contributed by atoms with E-state index in [2.05, 4.69) is 9.88 Å². The molecule has 1 heterocycles. The molecule has 3 aliphatic carbocycles. The molecule has 33 heavy (non-hydrogen) atoms. The molecule has 7 nitrogen and oxygen atoms in total. The Labute approximate surface area is 193 Å². The zero-order valence-corrected chi connectivity index (χ0v) is 19.3. The van der Waals surface area contributed by atoms with Crippen LogP contribution >= 0.6 is 0 Å². The topological polar surface area (TPSA) is 96.6 Å². The van der Waals surface area contributed by atoms with Crippen LogP contribution in [0, 0.1) is 5.92 Å². The van der Waals surface area contributed by atoms with E-state index in [-0.39, 0.29) is 24.5 Å². The van der Waals surface area contributed by atoms with Gasteiger partial charge in [-0.15, -0.1) is 0 Å². The molecule has 3 aromatic rings. The summed E-state index contributed by atoms with van der Waals surface area (Å²) in [4.78, 5) is 17.7. The summed E-state index contributed by atoms with van der Waals surface area (Å²) in [5, 5.41) is 23.9. The van der Waals surface area contributed by atoms with E-state index in [9.17, 15) is 15.0 Å². The molecule has 3 aliphatic rings. The number of ether oxygens (including phenoxy) is 1. The van der Waals surface area contributed by atoms with Crippen molar-refractivity contribution >= 4 is 22.9 Å². The maximum absolute atomic E-state index is 13.0. The van der Waals surface area contributed by atoms with Gasteiger partial charge in [-0.1, -0.05) is 30.3 Å². The predicted octanol–water partition coefficient (Wildman–Crippen LogP) is 3.93.